The number of alkyl halides is 2. The van der Waals surface area contributed by atoms with Gasteiger partial charge in [-0.25, -0.2) is 4.79 Å². The molecular formula is C5H7Cl2NO2. The lowest BCUT2D eigenvalue weighted by atomic mass is 10.5. The molecule has 0 unspecified atom stereocenters. The van der Waals surface area contributed by atoms with Gasteiger partial charge in [0.2, 0.25) is 0 Å². The third-order valence-corrected chi connectivity index (χ3v) is 1.27. The molecule has 0 bridgehead atoms. The molecule has 0 rings (SSSR count). The van der Waals surface area contributed by atoms with Crippen molar-refractivity contribution in [3.8, 4) is 0 Å². The highest BCUT2D eigenvalue weighted by Crippen LogP contribution is 2.03. The minimum atomic E-state index is -0.723. The Labute approximate surface area is 68.9 Å². The average Bonchev–Trinajstić information content (AvgIpc) is 1.82. The molecule has 0 aliphatic heterocycles. The van der Waals surface area contributed by atoms with E-state index in [0.29, 0.717) is 5.71 Å². The summed E-state index contributed by atoms with van der Waals surface area (Å²) in [6, 6.07) is 0. The van der Waals surface area contributed by atoms with Crippen molar-refractivity contribution < 1.29 is 9.63 Å². The van der Waals surface area contributed by atoms with Crippen LogP contribution in [0.15, 0.2) is 5.16 Å². The molecule has 0 aliphatic carbocycles. The summed E-state index contributed by atoms with van der Waals surface area (Å²) in [6.45, 7) is 2.81. The van der Waals surface area contributed by atoms with E-state index < -0.39 is 10.8 Å². The first-order valence-electron chi connectivity index (χ1n) is 2.54. The van der Waals surface area contributed by atoms with Crippen molar-refractivity contribution in [3.63, 3.8) is 0 Å². The first kappa shape index (κ1) is 9.72. The lowest BCUT2D eigenvalue weighted by Crippen LogP contribution is -2.04. The van der Waals surface area contributed by atoms with Crippen LogP contribution < -0.4 is 0 Å². The minimum Gasteiger partial charge on any atom is -0.319 e. The Morgan fingerprint density at radius 3 is 2.30 bits per heavy atom. The van der Waals surface area contributed by atoms with Gasteiger partial charge in [-0.05, 0) is 6.92 Å². The Hall–Kier alpha value is -0.280. The zero-order valence-electron chi connectivity index (χ0n) is 5.60. The summed E-state index contributed by atoms with van der Waals surface area (Å²) in [7, 11) is 0. The number of hydrogen-bond donors (Lipinski definition) is 0. The second-order valence-electron chi connectivity index (χ2n) is 1.62. The molecule has 0 atom stereocenters. The molecule has 58 valence electrons. The van der Waals surface area contributed by atoms with Gasteiger partial charge in [-0.1, -0.05) is 28.4 Å². The van der Waals surface area contributed by atoms with Gasteiger partial charge in [0.1, 0.15) is 4.84 Å². The van der Waals surface area contributed by atoms with Gasteiger partial charge < -0.3 is 4.84 Å². The molecule has 0 N–H and O–H groups in total. The predicted octanol–water partition coefficient (Wildman–Crippen LogP) is 1.73. The molecular weight excluding hydrogens is 177 g/mol. The molecule has 0 aromatic rings. The van der Waals surface area contributed by atoms with E-state index in [1.54, 1.807) is 6.92 Å². The Kier molecular flexibility index (Phi) is 4.40. The third kappa shape index (κ3) is 4.58. The van der Waals surface area contributed by atoms with Crippen LogP contribution in [0.5, 0.6) is 0 Å². The number of carbonyl (C=O) groups excluding carboxylic acids is 1. The monoisotopic (exact) mass is 183 g/mol. The van der Waals surface area contributed by atoms with Crippen molar-refractivity contribution in [1.29, 1.82) is 0 Å². The molecule has 0 aromatic heterocycles. The summed E-state index contributed by atoms with van der Waals surface area (Å²) in [4.78, 5) is 13.7. The lowest BCUT2D eigenvalue weighted by Gasteiger charge is -1.96. The maximum absolute atomic E-state index is 10.2. The molecule has 0 saturated carbocycles. The fourth-order valence-electron chi connectivity index (χ4n) is 0.176. The molecule has 0 amide bonds. The van der Waals surface area contributed by atoms with E-state index in [0.717, 1.165) is 0 Å². The average molecular weight is 184 g/mol. The van der Waals surface area contributed by atoms with Crippen molar-refractivity contribution in [2.75, 3.05) is 0 Å². The van der Waals surface area contributed by atoms with Gasteiger partial charge in [0.25, 0.3) is 0 Å². The van der Waals surface area contributed by atoms with E-state index in [2.05, 4.69) is 9.99 Å². The van der Waals surface area contributed by atoms with Crippen molar-refractivity contribution >= 4 is 34.9 Å². The van der Waals surface area contributed by atoms with Gasteiger partial charge in [0.05, 0.1) is 5.71 Å². The highest BCUT2D eigenvalue weighted by molar-refractivity contribution is 6.54. The zero-order chi connectivity index (χ0) is 8.15. The topological polar surface area (TPSA) is 38.7 Å². The molecule has 0 saturated heterocycles. The van der Waals surface area contributed by atoms with E-state index in [4.69, 9.17) is 23.2 Å². The van der Waals surface area contributed by atoms with Crippen LogP contribution in [0.1, 0.15) is 13.8 Å². The highest BCUT2D eigenvalue weighted by Gasteiger charge is 2.03. The molecule has 0 fully saturated rings. The molecule has 10 heavy (non-hydrogen) atoms. The Morgan fingerprint density at radius 2 is 2.00 bits per heavy atom. The van der Waals surface area contributed by atoms with E-state index in [-0.39, 0.29) is 0 Å². The molecule has 0 radical (unpaired) electrons. The Balaban J connectivity index is 3.80. The van der Waals surface area contributed by atoms with E-state index >= 15 is 0 Å². The number of nitrogens with zero attached hydrogens (tertiary/aromatic N) is 1. The normalized spacial score (nSPS) is 11.9. The quantitative estimate of drug-likeness (QED) is 0.283. The van der Waals surface area contributed by atoms with Gasteiger partial charge in [-0.15, -0.1) is 0 Å². The first-order chi connectivity index (χ1) is 4.54. The van der Waals surface area contributed by atoms with Crippen molar-refractivity contribution in [3.05, 3.63) is 0 Å². The van der Waals surface area contributed by atoms with Gasteiger partial charge in [-0.3, -0.25) is 0 Å². The van der Waals surface area contributed by atoms with Crippen LogP contribution in [-0.2, 0) is 9.63 Å². The fourth-order valence-corrected chi connectivity index (χ4v) is 0.256. The van der Waals surface area contributed by atoms with Crippen LogP contribution in [0.3, 0.4) is 0 Å². The van der Waals surface area contributed by atoms with E-state index in [1.807, 2.05) is 0 Å². The van der Waals surface area contributed by atoms with Gasteiger partial charge in [0.15, 0.2) is 0 Å². The maximum Gasteiger partial charge on any atom is 0.331 e. The summed E-state index contributed by atoms with van der Waals surface area (Å²) in [5.41, 5.74) is 0.360. The molecule has 0 aromatic carbocycles. The lowest BCUT2D eigenvalue weighted by molar-refractivity contribution is -0.140. The Morgan fingerprint density at radius 1 is 1.50 bits per heavy atom. The van der Waals surface area contributed by atoms with Crippen molar-refractivity contribution in [2.45, 2.75) is 18.7 Å². The van der Waals surface area contributed by atoms with Gasteiger partial charge in [-0.2, -0.15) is 0 Å². The summed E-state index contributed by atoms with van der Waals surface area (Å²) in [5, 5.41) is 3.33. The van der Waals surface area contributed by atoms with Crippen LogP contribution in [0.25, 0.3) is 0 Å². The van der Waals surface area contributed by atoms with Gasteiger partial charge >= 0.3 is 5.97 Å². The maximum atomic E-state index is 10.2. The number of halogens is 2. The summed E-state index contributed by atoms with van der Waals surface area (Å²) in [5.74, 6) is -0.492. The largest absolute Gasteiger partial charge is 0.331 e. The van der Waals surface area contributed by atoms with Crippen molar-refractivity contribution in [1.82, 2.24) is 0 Å². The number of oxime groups is 1. The van der Waals surface area contributed by atoms with Crippen molar-refractivity contribution in [2.24, 2.45) is 5.16 Å². The minimum absolute atomic E-state index is 0.360. The fraction of sp³-hybridized carbons (Fsp3) is 0.600. The summed E-state index contributed by atoms with van der Waals surface area (Å²) < 4.78 is 0. The molecule has 3 nitrogen and oxygen atoms in total. The van der Waals surface area contributed by atoms with Crippen LogP contribution in [0.4, 0.5) is 0 Å². The smallest absolute Gasteiger partial charge is 0.319 e. The van der Waals surface area contributed by atoms with E-state index in [9.17, 15) is 4.79 Å². The highest BCUT2D eigenvalue weighted by atomic mass is 35.5. The second-order valence-corrected chi connectivity index (χ2v) is 2.71. The summed E-state index contributed by atoms with van der Waals surface area (Å²) in [6.07, 6.45) is 0. The zero-order valence-corrected chi connectivity index (χ0v) is 7.11. The molecule has 5 heteroatoms. The number of rotatable bonds is 2. The Bertz CT molecular complexity index is 156. The van der Waals surface area contributed by atoms with E-state index in [1.165, 1.54) is 6.92 Å². The number of hydrogen-bond acceptors (Lipinski definition) is 3. The SMILES string of the molecule is CC(=O)ON=C(C)C(Cl)Cl. The first-order valence-corrected chi connectivity index (χ1v) is 3.41. The number of carbonyl (C=O) groups is 1. The molecule has 0 aliphatic rings. The van der Waals surface area contributed by atoms with Crippen LogP contribution in [0.2, 0.25) is 0 Å². The predicted molar refractivity (Wildman–Crippen MR) is 40.4 cm³/mol. The summed E-state index contributed by atoms with van der Waals surface area (Å²) >= 11 is 10.7. The van der Waals surface area contributed by atoms with Crippen LogP contribution >= 0.6 is 23.2 Å². The van der Waals surface area contributed by atoms with Crippen LogP contribution in [0, 0.1) is 0 Å². The second kappa shape index (κ2) is 4.52. The van der Waals surface area contributed by atoms with Crippen LogP contribution in [-0.4, -0.2) is 16.5 Å². The molecule has 0 heterocycles. The van der Waals surface area contributed by atoms with Gasteiger partial charge in [0, 0.05) is 6.92 Å². The standard InChI is InChI=1S/C5H7Cl2NO2/c1-3(5(6)7)8-10-4(2)9/h5H,1-2H3. The third-order valence-electron chi connectivity index (χ3n) is 0.634. The molecule has 0 spiro atoms.